The quantitative estimate of drug-likeness (QED) is 0.762. The van der Waals surface area contributed by atoms with Gasteiger partial charge in [-0.05, 0) is 65.1 Å². The van der Waals surface area contributed by atoms with E-state index in [1.54, 1.807) is 0 Å². The van der Waals surface area contributed by atoms with Crippen molar-refractivity contribution in [3.05, 3.63) is 0 Å². The monoisotopic (exact) mass is 292 g/mol. The van der Waals surface area contributed by atoms with E-state index >= 15 is 0 Å². The Morgan fingerprint density at radius 2 is 2.16 bits per heavy atom. The van der Waals surface area contributed by atoms with Gasteiger partial charge in [0.25, 0.3) is 0 Å². The molecule has 1 unspecified atom stereocenters. The summed E-state index contributed by atoms with van der Waals surface area (Å²) in [7, 11) is 1.46. The number of rotatable bonds is 6. The number of hydrogen-bond acceptors (Lipinski definition) is 4. The molecule has 0 aromatic rings. The minimum atomic E-state index is -0.379. The van der Waals surface area contributed by atoms with Crippen molar-refractivity contribution < 1.29 is 9.53 Å². The molecular formula is C14H29ClN2O2. The van der Waals surface area contributed by atoms with Crippen LogP contribution in [0.1, 0.15) is 39.5 Å². The zero-order valence-electron chi connectivity index (χ0n) is 12.5. The van der Waals surface area contributed by atoms with Gasteiger partial charge < -0.3 is 15.4 Å². The zero-order valence-corrected chi connectivity index (χ0v) is 13.3. The number of likely N-dealkylation sites (tertiary alicyclic amines) is 1. The van der Waals surface area contributed by atoms with E-state index in [4.69, 9.17) is 10.5 Å². The molecule has 0 aromatic carbocycles. The summed E-state index contributed by atoms with van der Waals surface area (Å²) in [6.45, 7) is 7.96. The Morgan fingerprint density at radius 3 is 2.74 bits per heavy atom. The molecular weight excluding hydrogens is 264 g/mol. The van der Waals surface area contributed by atoms with Crippen molar-refractivity contribution in [2.24, 2.45) is 17.1 Å². The predicted octanol–water partition coefficient (Wildman–Crippen LogP) is 2.06. The highest BCUT2D eigenvalue weighted by molar-refractivity contribution is 5.85. The van der Waals surface area contributed by atoms with Crippen LogP contribution in [0.15, 0.2) is 0 Å². The maximum Gasteiger partial charge on any atom is 0.311 e. The fourth-order valence-electron chi connectivity index (χ4n) is 2.64. The first kappa shape index (κ1) is 18.7. The van der Waals surface area contributed by atoms with Crippen molar-refractivity contribution in [2.45, 2.75) is 39.5 Å². The third-order valence-corrected chi connectivity index (χ3v) is 3.97. The van der Waals surface area contributed by atoms with Crippen LogP contribution in [0.25, 0.3) is 0 Å². The van der Waals surface area contributed by atoms with Gasteiger partial charge in [-0.25, -0.2) is 0 Å². The van der Waals surface area contributed by atoms with Gasteiger partial charge in [0.1, 0.15) is 0 Å². The highest BCUT2D eigenvalue weighted by Crippen LogP contribution is 2.25. The van der Waals surface area contributed by atoms with Gasteiger partial charge in [-0.1, -0.05) is 0 Å². The molecule has 5 heteroatoms. The third kappa shape index (κ3) is 6.11. The zero-order chi connectivity index (χ0) is 13.6. The van der Waals surface area contributed by atoms with Gasteiger partial charge in [0, 0.05) is 6.54 Å². The molecule has 0 amide bonds. The van der Waals surface area contributed by atoms with Crippen molar-refractivity contribution in [3.8, 4) is 0 Å². The summed E-state index contributed by atoms with van der Waals surface area (Å²) in [5.74, 6) is 0.628. The van der Waals surface area contributed by atoms with Crippen LogP contribution < -0.4 is 5.73 Å². The lowest BCUT2D eigenvalue weighted by molar-refractivity contribution is -0.151. The smallest absolute Gasteiger partial charge is 0.311 e. The first-order valence-electron chi connectivity index (χ1n) is 7.00. The second-order valence-electron chi connectivity index (χ2n) is 6.01. The average Bonchev–Trinajstić information content (AvgIpc) is 2.36. The van der Waals surface area contributed by atoms with Gasteiger partial charge in [0.05, 0.1) is 12.5 Å². The van der Waals surface area contributed by atoms with E-state index in [1.807, 2.05) is 13.8 Å². The standard InChI is InChI=1S/C14H28N2O2.ClH/c1-14(2,13(17)18-3)7-10-16-9-4-5-12(11-16)6-8-15;/h12H,4-11,15H2,1-3H3;1H. The highest BCUT2D eigenvalue weighted by atomic mass is 35.5. The lowest BCUT2D eigenvalue weighted by atomic mass is 9.88. The van der Waals surface area contributed by atoms with E-state index < -0.39 is 0 Å². The second-order valence-corrected chi connectivity index (χ2v) is 6.01. The molecule has 1 saturated heterocycles. The topological polar surface area (TPSA) is 55.6 Å². The van der Waals surface area contributed by atoms with Crippen LogP contribution >= 0.6 is 12.4 Å². The summed E-state index contributed by atoms with van der Waals surface area (Å²) < 4.78 is 4.84. The van der Waals surface area contributed by atoms with E-state index in [-0.39, 0.29) is 23.8 Å². The number of ether oxygens (including phenoxy) is 1. The number of piperidine rings is 1. The van der Waals surface area contributed by atoms with Crippen molar-refractivity contribution in [1.29, 1.82) is 0 Å². The van der Waals surface area contributed by atoms with Crippen molar-refractivity contribution in [3.63, 3.8) is 0 Å². The van der Waals surface area contributed by atoms with E-state index in [2.05, 4.69) is 4.90 Å². The Labute approximate surface area is 123 Å². The van der Waals surface area contributed by atoms with E-state index in [1.165, 1.54) is 20.0 Å². The van der Waals surface area contributed by atoms with Crippen LogP contribution in [-0.4, -0.2) is 44.2 Å². The van der Waals surface area contributed by atoms with Crippen LogP contribution in [0.4, 0.5) is 0 Å². The van der Waals surface area contributed by atoms with E-state index in [0.29, 0.717) is 0 Å². The van der Waals surface area contributed by atoms with Gasteiger partial charge >= 0.3 is 5.97 Å². The number of carbonyl (C=O) groups is 1. The van der Waals surface area contributed by atoms with Crippen LogP contribution in [0, 0.1) is 11.3 Å². The van der Waals surface area contributed by atoms with Gasteiger partial charge in [0.15, 0.2) is 0 Å². The number of nitrogens with zero attached hydrogens (tertiary/aromatic N) is 1. The van der Waals surface area contributed by atoms with Crippen LogP contribution in [0.3, 0.4) is 0 Å². The van der Waals surface area contributed by atoms with Gasteiger partial charge in [-0.15, -0.1) is 12.4 Å². The molecule has 1 atom stereocenters. The van der Waals surface area contributed by atoms with E-state index in [0.717, 1.165) is 44.9 Å². The largest absolute Gasteiger partial charge is 0.469 e. The molecule has 0 aromatic heterocycles. The van der Waals surface area contributed by atoms with Crippen LogP contribution in [0.5, 0.6) is 0 Å². The van der Waals surface area contributed by atoms with E-state index in [9.17, 15) is 4.79 Å². The summed E-state index contributed by atoms with van der Waals surface area (Å²) in [5.41, 5.74) is 5.25. The molecule has 0 bridgehead atoms. The summed E-state index contributed by atoms with van der Waals surface area (Å²) in [4.78, 5) is 14.1. The van der Waals surface area contributed by atoms with Crippen LogP contribution in [-0.2, 0) is 9.53 Å². The molecule has 0 radical (unpaired) electrons. The molecule has 0 spiro atoms. The molecule has 0 saturated carbocycles. The summed E-state index contributed by atoms with van der Waals surface area (Å²) in [5, 5.41) is 0. The molecule has 114 valence electrons. The van der Waals surface area contributed by atoms with Crippen molar-refractivity contribution in [1.82, 2.24) is 4.90 Å². The number of methoxy groups -OCH3 is 1. The van der Waals surface area contributed by atoms with Gasteiger partial charge in [0.2, 0.25) is 0 Å². The highest BCUT2D eigenvalue weighted by Gasteiger charge is 2.29. The molecule has 19 heavy (non-hydrogen) atoms. The number of halogens is 1. The second kappa shape index (κ2) is 8.77. The molecule has 1 rings (SSSR count). The minimum absolute atomic E-state index is 0. The molecule has 1 aliphatic heterocycles. The Hall–Kier alpha value is -0.320. The fourth-order valence-corrected chi connectivity index (χ4v) is 2.64. The molecule has 2 N–H and O–H groups in total. The fraction of sp³-hybridized carbons (Fsp3) is 0.929. The van der Waals surface area contributed by atoms with Crippen LogP contribution in [0.2, 0.25) is 0 Å². The maximum absolute atomic E-state index is 11.6. The van der Waals surface area contributed by atoms with Crippen molar-refractivity contribution >= 4 is 18.4 Å². The van der Waals surface area contributed by atoms with Crippen molar-refractivity contribution in [2.75, 3.05) is 33.3 Å². The molecule has 0 aliphatic carbocycles. The first-order valence-corrected chi connectivity index (χ1v) is 7.00. The molecule has 1 aliphatic rings. The summed E-state index contributed by atoms with van der Waals surface area (Å²) in [6.07, 6.45) is 4.53. The van der Waals surface area contributed by atoms with Gasteiger partial charge in [-0.3, -0.25) is 4.79 Å². The number of nitrogens with two attached hydrogens (primary N) is 1. The number of carbonyl (C=O) groups excluding carboxylic acids is 1. The Balaban J connectivity index is 0.00000324. The first-order chi connectivity index (χ1) is 8.49. The lowest BCUT2D eigenvalue weighted by Gasteiger charge is -2.34. The molecule has 4 nitrogen and oxygen atoms in total. The molecule has 1 heterocycles. The lowest BCUT2D eigenvalue weighted by Crippen LogP contribution is -2.39. The Bertz CT molecular complexity index is 270. The maximum atomic E-state index is 11.6. The SMILES string of the molecule is COC(=O)C(C)(C)CCN1CCCC(CCN)C1.Cl. The number of esters is 1. The predicted molar refractivity (Wildman–Crippen MR) is 80.5 cm³/mol. The Morgan fingerprint density at radius 1 is 1.47 bits per heavy atom. The Kier molecular flexibility index (Phi) is 8.62. The normalized spacial score (nSPS) is 20.7. The summed E-state index contributed by atoms with van der Waals surface area (Å²) >= 11 is 0. The average molecular weight is 293 g/mol. The summed E-state index contributed by atoms with van der Waals surface area (Å²) in [6, 6.07) is 0. The molecule has 1 fully saturated rings. The minimum Gasteiger partial charge on any atom is -0.469 e. The number of hydrogen-bond donors (Lipinski definition) is 1. The third-order valence-electron chi connectivity index (χ3n) is 3.97. The van der Waals surface area contributed by atoms with Gasteiger partial charge in [-0.2, -0.15) is 0 Å².